The maximum Gasteiger partial charge on any atom is 0.214 e. The van der Waals surface area contributed by atoms with E-state index in [1.165, 1.54) is 12.8 Å². The third kappa shape index (κ3) is 3.06. The van der Waals surface area contributed by atoms with Gasteiger partial charge in [-0.05, 0) is 43.4 Å². The summed E-state index contributed by atoms with van der Waals surface area (Å²) in [4.78, 5) is 5.50. The molecule has 6 rings (SSSR count). The fourth-order valence-corrected chi connectivity index (χ4v) is 5.43. The lowest BCUT2D eigenvalue weighted by molar-refractivity contribution is 0.378. The predicted octanol–water partition coefficient (Wildman–Crippen LogP) is 3.25. The number of aromatic hydroxyl groups is 1. The number of hydrogen-bond acceptors (Lipinski definition) is 7. The quantitative estimate of drug-likeness (QED) is 0.414. The lowest BCUT2D eigenvalue weighted by Gasteiger charge is -2.29. The number of phenols is 1. The Morgan fingerprint density at radius 3 is 2.76 bits per heavy atom. The monoisotopic (exact) mass is 407 g/mol. The molecular formula is C20H21N7OS. The van der Waals surface area contributed by atoms with Crippen LogP contribution in [-0.4, -0.2) is 48.0 Å². The Balaban J connectivity index is 1.23. The van der Waals surface area contributed by atoms with Gasteiger partial charge in [-0.3, -0.25) is 5.10 Å². The van der Waals surface area contributed by atoms with Crippen LogP contribution in [0.1, 0.15) is 25.7 Å². The normalized spacial score (nSPS) is 23.7. The lowest BCUT2D eigenvalue weighted by Crippen LogP contribution is -2.43. The first-order valence-electron chi connectivity index (χ1n) is 9.92. The number of anilines is 1. The molecule has 0 amide bonds. The molecule has 4 aromatic rings. The van der Waals surface area contributed by atoms with E-state index in [9.17, 15) is 5.11 Å². The van der Waals surface area contributed by atoms with E-state index in [0.29, 0.717) is 29.4 Å². The molecule has 2 aliphatic heterocycles. The van der Waals surface area contributed by atoms with Crippen molar-refractivity contribution in [1.82, 2.24) is 30.1 Å². The number of aromatic nitrogens is 5. The summed E-state index contributed by atoms with van der Waals surface area (Å²) in [7, 11) is 0. The zero-order chi connectivity index (χ0) is 19.4. The number of nitrogens with zero attached hydrogens (tertiary/aromatic N) is 4. The van der Waals surface area contributed by atoms with Crippen molar-refractivity contribution in [2.24, 2.45) is 0 Å². The molecule has 2 aliphatic rings. The summed E-state index contributed by atoms with van der Waals surface area (Å²) in [6.45, 7) is 0. The average Bonchev–Trinajstić information content (AvgIpc) is 3.46. The zero-order valence-electron chi connectivity index (χ0n) is 15.7. The maximum atomic E-state index is 10.5. The van der Waals surface area contributed by atoms with Gasteiger partial charge in [0.25, 0.3) is 0 Å². The topological polar surface area (TPSA) is 103 Å². The number of piperidine rings is 1. The second-order valence-electron chi connectivity index (χ2n) is 7.93. The highest BCUT2D eigenvalue weighted by Gasteiger charge is 2.33. The van der Waals surface area contributed by atoms with Crippen molar-refractivity contribution in [2.45, 2.75) is 43.8 Å². The van der Waals surface area contributed by atoms with E-state index >= 15 is 0 Å². The molecule has 2 atom stereocenters. The highest BCUT2D eigenvalue weighted by atomic mass is 32.1. The molecule has 8 nitrogen and oxygen atoms in total. The molecule has 0 aliphatic carbocycles. The smallest absolute Gasteiger partial charge is 0.214 e. The number of phenolic OH excluding ortho intramolecular Hbond substituents is 1. The number of hydrogen-bond donors (Lipinski definition) is 4. The summed E-state index contributed by atoms with van der Waals surface area (Å²) in [5, 5.41) is 30.1. The first kappa shape index (κ1) is 17.0. The van der Waals surface area contributed by atoms with Gasteiger partial charge < -0.3 is 15.7 Å². The van der Waals surface area contributed by atoms with Crippen LogP contribution in [0.15, 0.2) is 36.8 Å². The fourth-order valence-electron chi connectivity index (χ4n) is 4.57. The second-order valence-corrected chi connectivity index (χ2v) is 8.89. The van der Waals surface area contributed by atoms with Gasteiger partial charge in [0.2, 0.25) is 10.1 Å². The number of fused-ring (bicyclic) bond motifs is 3. The van der Waals surface area contributed by atoms with Gasteiger partial charge >= 0.3 is 0 Å². The van der Waals surface area contributed by atoms with Crippen molar-refractivity contribution in [1.29, 1.82) is 0 Å². The number of benzene rings is 1. The number of aromatic amines is 1. The number of nitrogens with one attached hydrogen (secondary N) is 3. The van der Waals surface area contributed by atoms with Crippen molar-refractivity contribution in [3.63, 3.8) is 0 Å². The molecule has 5 heterocycles. The minimum Gasteiger partial charge on any atom is -0.507 e. The van der Waals surface area contributed by atoms with Gasteiger partial charge in [-0.25, -0.2) is 9.50 Å². The molecule has 0 radical (unpaired) electrons. The molecule has 2 saturated heterocycles. The van der Waals surface area contributed by atoms with E-state index in [0.717, 1.165) is 34.1 Å². The molecule has 148 valence electrons. The van der Waals surface area contributed by atoms with Crippen LogP contribution in [0.25, 0.3) is 27.3 Å². The second kappa shape index (κ2) is 6.57. The Hall–Kier alpha value is -2.91. The van der Waals surface area contributed by atoms with Crippen molar-refractivity contribution >= 4 is 21.4 Å². The van der Waals surface area contributed by atoms with Gasteiger partial charge in [0, 0.05) is 35.4 Å². The summed E-state index contributed by atoms with van der Waals surface area (Å²) < 4.78 is 1.79. The first-order valence-corrected chi connectivity index (χ1v) is 10.7. The predicted molar refractivity (Wildman–Crippen MR) is 112 cm³/mol. The van der Waals surface area contributed by atoms with Crippen LogP contribution in [0.5, 0.6) is 5.75 Å². The molecule has 2 unspecified atom stereocenters. The summed E-state index contributed by atoms with van der Waals surface area (Å²) in [5.41, 5.74) is 3.24. The van der Waals surface area contributed by atoms with Gasteiger partial charge in [0.05, 0.1) is 18.1 Å². The summed E-state index contributed by atoms with van der Waals surface area (Å²) in [5.74, 6) is 0.193. The fraction of sp³-hybridized carbons (Fsp3) is 0.350. The summed E-state index contributed by atoms with van der Waals surface area (Å²) >= 11 is 1.55. The van der Waals surface area contributed by atoms with E-state index in [1.54, 1.807) is 34.3 Å². The van der Waals surface area contributed by atoms with Crippen LogP contribution in [0.3, 0.4) is 0 Å². The van der Waals surface area contributed by atoms with Crippen LogP contribution in [0.2, 0.25) is 0 Å². The third-order valence-corrected chi connectivity index (χ3v) is 6.80. The van der Waals surface area contributed by atoms with Gasteiger partial charge in [0.1, 0.15) is 5.75 Å². The number of imidazole rings is 1. The number of rotatable bonds is 4. The lowest BCUT2D eigenvalue weighted by atomic mass is 10.0. The molecule has 1 aromatic carbocycles. The van der Waals surface area contributed by atoms with Gasteiger partial charge in [-0.15, -0.1) is 5.10 Å². The van der Waals surface area contributed by atoms with E-state index in [2.05, 4.69) is 30.9 Å². The van der Waals surface area contributed by atoms with Crippen molar-refractivity contribution in [2.75, 3.05) is 5.32 Å². The van der Waals surface area contributed by atoms with Crippen LogP contribution in [-0.2, 0) is 0 Å². The van der Waals surface area contributed by atoms with E-state index in [1.807, 2.05) is 18.3 Å². The standard InChI is InChI=1S/C20H21N7OS/c28-18-5-11(12-8-21-22-9-12)1-4-16(18)17-10-27-20(25-17)29-19(26-27)24-15-6-13-2-3-14(7-15)23-13/h1,4-5,8-10,13-15,23,28H,2-3,6-7H2,(H,21,22)(H,24,26). The SMILES string of the molecule is Oc1cc(-c2cn[nH]c2)ccc1-c1cn2nc(NC3CC4CCC(C3)N4)sc2n1. The Labute approximate surface area is 171 Å². The van der Waals surface area contributed by atoms with Gasteiger partial charge in [-0.2, -0.15) is 5.10 Å². The largest absolute Gasteiger partial charge is 0.507 e. The Bertz CT molecular complexity index is 1120. The molecule has 9 heteroatoms. The Morgan fingerprint density at radius 2 is 2.03 bits per heavy atom. The minimum absolute atomic E-state index is 0.193. The summed E-state index contributed by atoms with van der Waals surface area (Å²) in [6, 6.07) is 7.35. The Morgan fingerprint density at radius 1 is 1.17 bits per heavy atom. The van der Waals surface area contributed by atoms with Crippen LogP contribution < -0.4 is 10.6 Å². The highest BCUT2D eigenvalue weighted by molar-refractivity contribution is 7.20. The third-order valence-electron chi connectivity index (χ3n) is 5.95. The van der Waals surface area contributed by atoms with Crippen molar-refractivity contribution in [3.8, 4) is 28.1 Å². The average molecular weight is 408 g/mol. The molecule has 4 N–H and O–H groups in total. The molecule has 0 saturated carbocycles. The molecule has 0 spiro atoms. The molecule has 29 heavy (non-hydrogen) atoms. The summed E-state index contributed by atoms with van der Waals surface area (Å²) in [6.07, 6.45) is 10.3. The zero-order valence-corrected chi connectivity index (χ0v) is 16.5. The van der Waals surface area contributed by atoms with Gasteiger partial charge in [0.15, 0.2) is 0 Å². The van der Waals surface area contributed by atoms with Gasteiger partial charge in [-0.1, -0.05) is 17.4 Å². The number of H-pyrrole nitrogens is 1. The van der Waals surface area contributed by atoms with Crippen molar-refractivity contribution in [3.05, 3.63) is 36.8 Å². The molecule has 2 bridgehead atoms. The van der Waals surface area contributed by atoms with Crippen molar-refractivity contribution < 1.29 is 5.11 Å². The van der Waals surface area contributed by atoms with Crippen LogP contribution in [0.4, 0.5) is 5.13 Å². The van der Waals surface area contributed by atoms with Crippen LogP contribution in [0, 0.1) is 0 Å². The van der Waals surface area contributed by atoms with E-state index in [-0.39, 0.29) is 5.75 Å². The minimum atomic E-state index is 0.193. The van der Waals surface area contributed by atoms with E-state index in [4.69, 9.17) is 0 Å². The molecular weight excluding hydrogens is 386 g/mol. The molecule has 2 fully saturated rings. The maximum absolute atomic E-state index is 10.5. The van der Waals surface area contributed by atoms with E-state index < -0.39 is 0 Å². The molecule has 3 aromatic heterocycles. The Kier molecular flexibility index (Phi) is 3.85. The first-order chi connectivity index (χ1) is 14.2. The van der Waals surface area contributed by atoms with Crippen LogP contribution >= 0.6 is 11.3 Å². The highest BCUT2D eigenvalue weighted by Crippen LogP contribution is 2.34.